The smallest absolute Gasteiger partial charge is 0.355 e. The van der Waals surface area contributed by atoms with Crippen molar-refractivity contribution in [2.45, 2.75) is 6.18 Å². The first-order chi connectivity index (χ1) is 7.29. The van der Waals surface area contributed by atoms with Gasteiger partial charge >= 0.3 is 11.9 Å². The van der Waals surface area contributed by atoms with E-state index in [4.69, 9.17) is 11.6 Å². The van der Waals surface area contributed by atoms with Crippen LogP contribution in [-0.2, 0) is 0 Å². The molecule has 10 heteroatoms. The predicted molar refractivity (Wildman–Crippen MR) is 48.2 cm³/mol. The second kappa shape index (κ2) is 4.47. The quantitative estimate of drug-likeness (QED) is 0.508. The highest BCUT2D eigenvalue weighted by Gasteiger charge is 2.28. The van der Waals surface area contributed by atoms with E-state index in [1.807, 2.05) is 0 Å². The van der Waals surface area contributed by atoms with Gasteiger partial charge < -0.3 is 5.32 Å². The molecule has 0 aliphatic rings. The van der Waals surface area contributed by atoms with Crippen molar-refractivity contribution < 1.29 is 18.1 Å². The van der Waals surface area contributed by atoms with Gasteiger partial charge in [0.25, 0.3) is 0 Å². The Morgan fingerprint density at radius 3 is 2.69 bits per heavy atom. The zero-order valence-electron chi connectivity index (χ0n) is 7.45. The molecule has 1 aromatic rings. The molecule has 1 rings (SSSR count). The molecule has 0 amide bonds. The molecule has 0 radical (unpaired) electrons. The lowest BCUT2D eigenvalue weighted by atomic mass is 10.4. The minimum atomic E-state index is -4.51. The molecule has 0 aliphatic heterocycles. The molecule has 0 fully saturated rings. The zero-order valence-corrected chi connectivity index (χ0v) is 8.21. The molecule has 0 bridgehead atoms. The van der Waals surface area contributed by atoms with Gasteiger partial charge in [-0.15, -0.1) is 0 Å². The molecule has 0 saturated carbocycles. The molecule has 88 valence electrons. The molecule has 0 saturated heterocycles. The van der Waals surface area contributed by atoms with Gasteiger partial charge in [0.2, 0.25) is 11.1 Å². The molecule has 0 spiro atoms. The number of rotatable bonds is 3. The Hall–Kier alpha value is -1.64. The van der Waals surface area contributed by atoms with Gasteiger partial charge in [0.05, 0.1) is 4.92 Å². The Morgan fingerprint density at radius 1 is 1.56 bits per heavy atom. The normalized spacial score (nSPS) is 11.2. The van der Waals surface area contributed by atoms with Crippen molar-refractivity contribution in [1.82, 2.24) is 9.97 Å². The van der Waals surface area contributed by atoms with Gasteiger partial charge in [-0.05, 0) is 11.6 Å². The second-order valence-corrected chi connectivity index (χ2v) is 2.94. The van der Waals surface area contributed by atoms with Gasteiger partial charge in [-0.1, -0.05) is 0 Å². The predicted octanol–water partition coefficient (Wildman–Crippen LogP) is 2.01. The van der Waals surface area contributed by atoms with Gasteiger partial charge in [0, 0.05) is 0 Å². The molecule has 6 nitrogen and oxygen atoms in total. The molecular weight excluding hydrogens is 253 g/mol. The van der Waals surface area contributed by atoms with E-state index in [-0.39, 0.29) is 5.28 Å². The molecule has 0 unspecified atom stereocenters. The Labute approximate surface area is 91.6 Å². The third kappa shape index (κ3) is 3.50. The van der Waals surface area contributed by atoms with E-state index >= 15 is 0 Å². The fourth-order valence-corrected chi connectivity index (χ4v) is 0.935. The Balaban J connectivity index is 2.93. The first-order valence-corrected chi connectivity index (χ1v) is 4.15. The minimum Gasteiger partial charge on any atom is -0.355 e. The lowest BCUT2D eigenvalue weighted by Crippen LogP contribution is -2.22. The van der Waals surface area contributed by atoms with E-state index in [2.05, 4.69) is 9.97 Å². The number of hydrogen-bond donors (Lipinski definition) is 1. The highest BCUT2D eigenvalue weighted by atomic mass is 35.5. The first-order valence-electron chi connectivity index (χ1n) is 3.77. The number of nitrogens with zero attached hydrogens (tertiary/aromatic N) is 3. The van der Waals surface area contributed by atoms with E-state index in [1.165, 1.54) is 0 Å². The number of halogens is 4. The molecule has 1 N–H and O–H groups in total. The Morgan fingerprint density at radius 2 is 2.19 bits per heavy atom. The molecule has 1 heterocycles. The van der Waals surface area contributed by atoms with Gasteiger partial charge in [-0.25, -0.2) is 4.98 Å². The van der Waals surface area contributed by atoms with Crippen LogP contribution in [0.25, 0.3) is 0 Å². The summed E-state index contributed by atoms with van der Waals surface area (Å²) in [6, 6.07) is 0. The van der Waals surface area contributed by atoms with Crippen LogP contribution < -0.4 is 5.32 Å². The van der Waals surface area contributed by atoms with Crippen LogP contribution in [0.4, 0.5) is 24.7 Å². The van der Waals surface area contributed by atoms with Gasteiger partial charge in [0.1, 0.15) is 12.7 Å². The summed E-state index contributed by atoms with van der Waals surface area (Å²) in [6.07, 6.45) is -3.78. The summed E-state index contributed by atoms with van der Waals surface area (Å²) in [5.41, 5.74) is -0.673. The van der Waals surface area contributed by atoms with E-state index in [1.54, 1.807) is 5.32 Å². The first kappa shape index (κ1) is 12.4. The van der Waals surface area contributed by atoms with Crippen molar-refractivity contribution in [3.8, 4) is 0 Å². The van der Waals surface area contributed by atoms with Gasteiger partial charge in [-0.2, -0.15) is 18.2 Å². The molecule has 16 heavy (non-hydrogen) atoms. The average molecular weight is 257 g/mol. The van der Waals surface area contributed by atoms with Crippen LogP contribution in [0.3, 0.4) is 0 Å². The highest BCUT2D eigenvalue weighted by molar-refractivity contribution is 6.28. The summed E-state index contributed by atoms with van der Waals surface area (Å²) >= 11 is 5.31. The van der Waals surface area contributed by atoms with E-state index < -0.39 is 29.1 Å². The number of aromatic nitrogens is 2. The molecular formula is C6H4ClF3N4O2. The number of hydrogen-bond acceptors (Lipinski definition) is 5. The summed E-state index contributed by atoms with van der Waals surface area (Å²) in [5.74, 6) is -0.567. The lowest BCUT2D eigenvalue weighted by molar-refractivity contribution is -0.384. The van der Waals surface area contributed by atoms with Gasteiger partial charge in [-0.3, -0.25) is 10.1 Å². The molecule has 0 aliphatic carbocycles. The van der Waals surface area contributed by atoms with Crippen LogP contribution in [-0.4, -0.2) is 27.6 Å². The third-order valence-corrected chi connectivity index (χ3v) is 1.58. The van der Waals surface area contributed by atoms with E-state index in [9.17, 15) is 23.3 Å². The number of nitro groups is 1. The largest absolute Gasteiger partial charge is 0.405 e. The average Bonchev–Trinajstić information content (AvgIpc) is 2.13. The summed E-state index contributed by atoms with van der Waals surface area (Å²) in [7, 11) is 0. The lowest BCUT2D eigenvalue weighted by Gasteiger charge is -2.08. The maximum atomic E-state index is 11.9. The maximum absolute atomic E-state index is 11.9. The van der Waals surface area contributed by atoms with Crippen LogP contribution in [0.1, 0.15) is 0 Å². The molecule has 0 aromatic carbocycles. The topological polar surface area (TPSA) is 81.0 Å². The van der Waals surface area contributed by atoms with E-state index in [0.717, 1.165) is 6.20 Å². The fraction of sp³-hybridized carbons (Fsp3) is 0.333. The SMILES string of the molecule is O=[N+]([O-])c1cnc(Cl)nc1NCC(F)(F)F. The van der Waals surface area contributed by atoms with Crippen LogP contribution in [0.2, 0.25) is 5.28 Å². The van der Waals surface area contributed by atoms with Crippen molar-refractivity contribution in [2.75, 3.05) is 11.9 Å². The van der Waals surface area contributed by atoms with Crippen LogP contribution >= 0.6 is 11.6 Å². The summed E-state index contributed by atoms with van der Waals surface area (Å²) < 4.78 is 35.6. The van der Waals surface area contributed by atoms with Crippen molar-refractivity contribution in [3.63, 3.8) is 0 Å². The Kier molecular flexibility index (Phi) is 3.48. The number of anilines is 1. The minimum absolute atomic E-state index is 0.379. The monoisotopic (exact) mass is 256 g/mol. The van der Waals surface area contributed by atoms with Crippen molar-refractivity contribution in [3.05, 3.63) is 21.6 Å². The van der Waals surface area contributed by atoms with Crippen LogP contribution in [0, 0.1) is 10.1 Å². The number of nitrogens with one attached hydrogen (secondary N) is 1. The summed E-state index contributed by atoms with van der Waals surface area (Å²) in [6.45, 7) is -1.44. The van der Waals surface area contributed by atoms with Crippen molar-refractivity contribution in [2.24, 2.45) is 0 Å². The summed E-state index contributed by atoms with van der Waals surface area (Å²) in [4.78, 5) is 16.1. The fourth-order valence-electron chi connectivity index (χ4n) is 0.802. The Bertz CT molecular complexity index is 411. The standard InChI is InChI=1S/C6H4ClF3N4O2/c7-5-11-1-3(14(15)16)4(13-5)12-2-6(8,9)10/h1H,2H2,(H,11,12,13). The van der Waals surface area contributed by atoms with Gasteiger partial charge in [0.15, 0.2) is 0 Å². The second-order valence-electron chi connectivity index (χ2n) is 2.60. The number of alkyl halides is 3. The molecule has 0 atom stereocenters. The van der Waals surface area contributed by atoms with Crippen molar-refractivity contribution in [1.29, 1.82) is 0 Å². The summed E-state index contributed by atoms with van der Waals surface area (Å²) in [5, 5.41) is 11.8. The van der Waals surface area contributed by atoms with Crippen LogP contribution in [0.15, 0.2) is 6.20 Å². The third-order valence-electron chi connectivity index (χ3n) is 1.39. The zero-order chi connectivity index (χ0) is 12.3. The van der Waals surface area contributed by atoms with Crippen molar-refractivity contribution >= 4 is 23.1 Å². The van der Waals surface area contributed by atoms with Crippen LogP contribution in [0.5, 0.6) is 0 Å². The van der Waals surface area contributed by atoms with E-state index in [0.29, 0.717) is 0 Å². The highest BCUT2D eigenvalue weighted by Crippen LogP contribution is 2.23. The maximum Gasteiger partial charge on any atom is 0.405 e. The molecule has 1 aromatic heterocycles.